The number of benzene rings is 2. The first-order valence-electron chi connectivity index (χ1n) is 9.04. The van der Waals surface area contributed by atoms with Gasteiger partial charge in [0, 0.05) is 37.9 Å². The Kier molecular flexibility index (Phi) is 4.95. The topological polar surface area (TPSA) is 67.6 Å². The number of nitrogens with one attached hydrogen (secondary N) is 1. The van der Waals surface area contributed by atoms with Crippen molar-refractivity contribution in [1.82, 2.24) is 10.3 Å². The van der Waals surface area contributed by atoms with Crippen LogP contribution in [0.1, 0.15) is 17.4 Å². The molecule has 8 heteroatoms. The lowest BCUT2D eigenvalue weighted by Crippen LogP contribution is -2.43. The van der Waals surface area contributed by atoms with E-state index in [2.05, 4.69) is 15.2 Å². The normalized spacial score (nSPS) is 19.1. The number of carbonyl (C=O) groups is 1. The van der Waals surface area contributed by atoms with Crippen LogP contribution in [-0.2, 0) is 11.2 Å². The molecule has 1 N–H and O–H groups in total. The lowest BCUT2D eigenvalue weighted by molar-refractivity contribution is -0.137. The average Bonchev–Trinajstić information content (AvgIpc) is 3.13. The summed E-state index contributed by atoms with van der Waals surface area (Å²) in [6.07, 6.45) is 0.421. The van der Waals surface area contributed by atoms with Gasteiger partial charge in [-0.1, -0.05) is 12.1 Å². The van der Waals surface area contributed by atoms with Gasteiger partial charge in [-0.15, -0.1) is 12.4 Å². The number of hydrogen-bond donors (Lipinski definition) is 1. The van der Waals surface area contributed by atoms with E-state index in [4.69, 9.17) is 9.15 Å². The number of oxazole rings is 1. The monoisotopic (exact) mass is 403 g/mol. The molecular formula is C20H19ClFN3O3. The van der Waals surface area contributed by atoms with E-state index in [-0.39, 0.29) is 23.8 Å². The minimum atomic E-state index is -0.672. The summed E-state index contributed by atoms with van der Waals surface area (Å²) in [6, 6.07) is 10.5. The van der Waals surface area contributed by atoms with E-state index in [9.17, 15) is 9.18 Å². The van der Waals surface area contributed by atoms with E-state index < -0.39 is 17.7 Å². The smallest absolute Gasteiger partial charge is 0.324 e. The molecule has 2 aliphatic rings. The van der Waals surface area contributed by atoms with Crippen LogP contribution in [0.2, 0.25) is 0 Å². The van der Waals surface area contributed by atoms with E-state index in [0.717, 1.165) is 37.4 Å². The number of nitrogens with zero attached hydrogens (tertiary/aromatic N) is 2. The Labute approximate surface area is 167 Å². The fraction of sp³-hybridized carbons (Fsp3) is 0.300. The van der Waals surface area contributed by atoms with Crippen LogP contribution in [0.5, 0.6) is 5.75 Å². The van der Waals surface area contributed by atoms with E-state index in [0.29, 0.717) is 17.8 Å². The van der Waals surface area contributed by atoms with Crippen LogP contribution in [0.15, 0.2) is 40.8 Å². The van der Waals surface area contributed by atoms with Crippen LogP contribution < -0.4 is 15.0 Å². The molecule has 0 spiro atoms. The number of piperazine rings is 1. The fourth-order valence-electron chi connectivity index (χ4n) is 3.68. The Morgan fingerprint density at radius 2 is 2.00 bits per heavy atom. The summed E-state index contributed by atoms with van der Waals surface area (Å²) in [7, 11) is 0. The number of esters is 1. The molecule has 28 heavy (non-hydrogen) atoms. The maximum absolute atomic E-state index is 13.9. The third-order valence-corrected chi connectivity index (χ3v) is 5.14. The lowest BCUT2D eigenvalue weighted by Gasteiger charge is -2.30. The largest absolute Gasteiger partial charge is 0.440 e. The van der Waals surface area contributed by atoms with Gasteiger partial charge < -0.3 is 19.4 Å². The first-order valence-corrected chi connectivity index (χ1v) is 9.04. The Morgan fingerprint density at radius 1 is 1.18 bits per heavy atom. The number of hydrogen-bond acceptors (Lipinski definition) is 6. The summed E-state index contributed by atoms with van der Waals surface area (Å²) in [5.41, 5.74) is 2.43. The number of anilines is 1. The first kappa shape index (κ1) is 18.7. The van der Waals surface area contributed by atoms with Gasteiger partial charge in [0.2, 0.25) is 5.89 Å². The molecule has 0 amide bonds. The van der Waals surface area contributed by atoms with Gasteiger partial charge in [0.1, 0.15) is 17.2 Å². The van der Waals surface area contributed by atoms with Gasteiger partial charge in [-0.3, -0.25) is 4.79 Å². The van der Waals surface area contributed by atoms with Crippen LogP contribution >= 0.6 is 12.4 Å². The maximum Gasteiger partial charge on any atom is 0.324 e. The Balaban J connectivity index is 0.00000192. The molecule has 6 nitrogen and oxygen atoms in total. The molecule has 1 saturated heterocycles. The number of ether oxygens (including phenoxy) is 1. The number of halogens is 2. The van der Waals surface area contributed by atoms with Crippen LogP contribution in [0.4, 0.5) is 10.1 Å². The minimum absolute atomic E-state index is 0. The van der Waals surface area contributed by atoms with Crippen molar-refractivity contribution in [3.8, 4) is 5.75 Å². The van der Waals surface area contributed by atoms with Crippen LogP contribution in [0, 0.1) is 5.82 Å². The molecule has 3 aromatic rings. The van der Waals surface area contributed by atoms with Gasteiger partial charge in [0.15, 0.2) is 11.4 Å². The second-order valence-electron chi connectivity index (χ2n) is 6.85. The Morgan fingerprint density at radius 3 is 2.79 bits per heavy atom. The first-order chi connectivity index (χ1) is 13.2. The van der Waals surface area contributed by atoms with Gasteiger partial charge >= 0.3 is 5.97 Å². The van der Waals surface area contributed by atoms with Crippen molar-refractivity contribution < 1.29 is 18.3 Å². The van der Waals surface area contributed by atoms with Crippen molar-refractivity contribution in [1.29, 1.82) is 0 Å². The standard InChI is InChI=1S/C20H18FN3O3.ClH/c21-15-2-1-3-16-18(15)23-19(26-16)14-10-12-4-5-13(11-17(12)27-20(14)25)24-8-6-22-7-9-24;/h1-5,11,14,22H,6-10H2;1H. The van der Waals surface area contributed by atoms with Crippen molar-refractivity contribution >= 4 is 35.2 Å². The molecule has 1 fully saturated rings. The van der Waals surface area contributed by atoms with Crippen molar-refractivity contribution in [2.45, 2.75) is 12.3 Å². The molecule has 3 heterocycles. The molecule has 0 aliphatic carbocycles. The molecule has 5 rings (SSSR count). The van der Waals surface area contributed by atoms with E-state index >= 15 is 0 Å². The predicted molar refractivity (Wildman–Crippen MR) is 105 cm³/mol. The highest BCUT2D eigenvalue weighted by Gasteiger charge is 2.34. The Bertz CT molecular complexity index is 1030. The second-order valence-corrected chi connectivity index (χ2v) is 6.85. The molecule has 0 bridgehead atoms. The summed E-state index contributed by atoms with van der Waals surface area (Å²) in [4.78, 5) is 19.0. The SMILES string of the molecule is Cl.O=C1Oc2cc(N3CCNCC3)ccc2CC1c1nc2c(F)cccc2o1. The predicted octanol–water partition coefficient (Wildman–Crippen LogP) is 3.04. The summed E-state index contributed by atoms with van der Waals surface area (Å²) >= 11 is 0. The molecule has 0 saturated carbocycles. The molecule has 2 aliphatic heterocycles. The third kappa shape index (κ3) is 3.21. The van der Waals surface area contributed by atoms with Gasteiger partial charge in [0.25, 0.3) is 0 Å². The fourth-order valence-corrected chi connectivity index (χ4v) is 3.68. The average molecular weight is 404 g/mol. The van der Waals surface area contributed by atoms with Crippen molar-refractivity contribution in [3.63, 3.8) is 0 Å². The van der Waals surface area contributed by atoms with E-state index in [1.165, 1.54) is 6.07 Å². The molecule has 1 unspecified atom stereocenters. The van der Waals surface area contributed by atoms with Crippen molar-refractivity contribution in [3.05, 3.63) is 53.7 Å². The van der Waals surface area contributed by atoms with Crippen LogP contribution in [0.25, 0.3) is 11.1 Å². The van der Waals surface area contributed by atoms with Gasteiger partial charge in [-0.2, -0.15) is 0 Å². The van der Waals surface area contributed by atoms with Crippen molar-refractivity contribution in [2.24, 2.45) is 0 Å². The van der Waals surface area contributed by atoms with E-state index in [1.54, 1.807) is 12.1 Å². The number of rotatable bonds is 2. The molecule has 1 aromatic heterocycles. The lowest BCUT2D eigenvalue weighted by atomic mass is 9.95. The summed E-state index contributed by atoms with van der Waals surface area (Å²) < 4.78 is 25.1. The highest BCUT2D eigenvalue weighted by atomic mass is 35.5. The van der Waals surface area contributed by atoms with Crippen LogP contribution in [0.3, 0.4) is 0 Å². The van der Waals surface area contributed by atoms with E-state index in [1.807, 2.05) is 18.2 Å². The second kappa shape index (κ2) is 7.41. The molecule has 2 aromatic carbocycles. The maximum atomic E-state index is 13.9. The summed E-state index contributed by atoms with van der Waals surface area (Å²) in [5, 5.41) is 3.32. The Hall–Kier alpha value is -2.64. The van der Waals surface area contributed by atoms with Crippen molar-refractivity contribution in [2.75, 3.05) is 31.1 Å². The molecule has 0 radical (unpaired) electrons. The van der Waals surface area contributed by atoms with Crippen LogP contribution in [-0.4, -0.2) is 37.1 Å². The number of aromatic nitrogens is 1. The van der Waals surface area contributed by atoms with Gasteiger partial charge in [-0.05, 0) is 30.2 Å². The quantitative estimate of drug-likeness (QED) is 0.524. The molecular weight excluding hydrogens is 385 g/mol. The minimum Gasteiger partial charge on any atom is -0.440 e. The summed E-state index contributed by atoms with van der Waals surface area (Å²) in [6.45, 7) is 3.72. The zero-order valence-corrected chi connectivity index (χ0v) is 15.8. The van der Waals surface area contributed by atoms with Gasteiger partial charge in [-0.25, -0.2) is 9.37 Å². The third-order valence-electron chi connectivity index (χ3n) is 5.14. The molecule has 1 atom stereocenters. The highest BCUT2D eigenvalue weighted by molar-refractivity contribution is 5.85. The molecule has 146 valence electrons. The number of fused-ring (bicyclic) bond motifs is 2. The van der Waals surface area contributed by atoms with Gasteiger partial charge in [0.05, 0.1) is 0 Å². The number of para-hydroxylation sites is 1. The number of carbonyl (C=O) groups excluding carboxylic acids is 1. The zero-order valence-electron chi connectivity index (χ0n) is 15.0. The zero-order chi connectivity index (χ0) is 18.4. The summed E-state index contributed by atoms with van der Waals surface area (Å²) in [5.74, 6) is -0.791. The highest BCUT2D eigenvalue weighted by Crippen LogP contribution is 2.36.